The second-order valence-corrected chi connectivity index (χ2v) is 10.8. The van der Waals surface area contributed by atoms with Gasteiger partial charge in [-0.2, -0.15) is 0 Å². The minimum absolute atomic E-state index is 0.0379. The summed E-state index contributed by atoms with van der Waals surface area (Å²) in [6.45, 7) is 10.0. The lowest BCUT2D eigenvalue weighted by Gasteiger charge is -2.35. The van der Waals surface area contributed by atoms with Gasteiger partial charge in [-0.3, -0.25) is 14.6 Å². The Kier molecular flexibility index (Phi) is 9.11. The Morgan fingerprint density at radius 3 is 2.41 bits per heavy atom. The van der Waals surface area contributed by atoms with E-state index in [1.807, 2.05) is 81.5 Å². The standard InChI is InChI=1S/C31H40N8O2/c1-5-6-23(2)41-28-9-8-26-19-25(28)21-38-15-17-39(18-16-38)22-30(40)37(4)14-13-36(3)29-10-7-24(20-33-29)27-11-12-32-31(34-26)35-27/h5-12,19-20,23H,13-18,21-22H2,1-4H3,(H,32,34,35)/b6-5-. The average Bonchev–Trinajstić information content (AvgIpc) is 2.98. The van der Waals surface area contributed by atoms with Gasteiger partial charge in [0, 0.05) is 89.1 Å². The van der Waals surface area contributed by atoms with Gasteiger partial charge in [0.2, 0.25) is 11.9 Å². The first-order valence-corrected chi connectivity index (χ1v) is 14.3. The summed E-state index contributed by atoms with van der Waals surface area (Å²) in [6, 6.07) is 12.0. The summed E-state index contributed by atoms with van der Waals surface area (Å²) >= 11 is 0. The number of hydrogen-bond acceptors (Lipinski definition) is 9. The number of pyridine rings is 1. The van der Waals surface area contributed by atoms with Crippen molar-refractivity contribution < 1.29 is 9.53 Å². The first-order valence-electron chi connectivity index (χ1n) is 14.3. The van der Waals surface area contributed by atoms with Crippen molar-refractivity contribution >= 4 is 23.4 Å². The molecule has 216 valence electrons. The third-order valence-corrected chi connectivity index (χ3v) is 7.60. The third-order valence-electron chi connectivity index (χ3n) is 7.60. The van der Waals surface area contributed by atoms with Gasteiger partial charge in [0.05, 0.1) is 12.2 Å². The minimum atomic E-state index is -0.0379. The molecule has 1 atom stereocenters. The van der Waals surface area contributed by atoms with Crippen LogP contribution in [0, 0.1) is 0 Å². The number of likely N-dealkylation sites (N-methyl/N-ethyl adjacent to an activating group) is 2. The van der Waals surface area contributed by atoms with Crippen LogP contribution < -0.4 is 15.0 Å². The highest BCUT2D eigenvalue weighted by Crippen LogP contribution is 2.28. The number of allylic oxidation sites excluding steroid dienone is 1. The molecular weight excluding hydrogens is 516 g/mol. The van der Waals surface area contributed by atoms with Crippen LogP contribution in [0.2, 0.25) is 0 Å². The third kappa shape index (κ3) is 7.39. The number of carbonyl (C=O) groups excluding carboxylic acids is 1. The lowest BCUT2D eigenvalue weighted by Crippen LogP contribution is -2.49. The quantitative estimate of drug-likeness (QED) is 0.486. The van der Waals surface area contributed by atoms with Gasteiger partial charge in [-0.05, 0) is 56.3 Å². The van der Waals surface area contributed by atoms with Gasteiger partial charge in [-0.1, -0.05) is 6.08 Å². The highest BCUT2D eigenvalue weighted by Gasteiger charge is 2.22. The molecule has 1 fully saturated rings. The number of piperazine rings is 1. The van der Waals surface area contributed by atoms with Crippen molar-refractivity contribution in [2.24, 2.45) is 0 Å². The molecule has 2 aromatic heterocycles. The summed E-state index contributed by atoms with van der Waals surface area (Å²) in [5.74, 6) is 2.37. The Morgan fingerprint density at radius 1 is 0.927 bits per heavy atom. The van der Waals surface area contributed by atoms with Crippen LogP contribution in [0.1, 0.15) is 19.4 Å². The number of aromatic nitrogens is 3. The Balaban J connectivity index is 1.45. The van der Waals surface area contributed by atoms with E-state index in [9.17, 15) is 4.79 Å². The lowest BCUT2D eigenvalue weighted by molar-refractivity contribution is -0.131. The second-order valence-electron chi connectivity index (χ2n) is 10.8. The van der Waals surface area contributed by atoms with Gasteiger partial charge in [0.1, 0.15) is 17.7 Å². The SMILES string of the molecule is C/C=C\C(C)Oc1ccc2cc1CN1CCN(CC1)CC(=O)N(C)CCN(C)c1ccc(cn1)-c1ccnc(n1)N2. The van der Waals surface area contributed by atoms with E-state index in [0.717, 1.165) is 66.8 Å². The number of carbonyl (C=O) groups is 1. The van der Waals surface area contributed by atoms with Crippen molar-refractivity contribution in [1.29, 1.82) is 0 Å². The Hall–Kier alpha value is -4.02. The average molecular weight is 557 g/mol. The number of benzene rings is 1. The van der Waals surface area contributed by atoms with Crippen LogP contribution in [-0.2, 0) is 11.3 Å². The maximum absolute atomic E-state index is 13.0. The zero-order valence-electron chi connectivity index (χ0n) is 24.5. The van der Waals surface area contributed by atoms with E-state index in [0.29, 0.717) is 25.6 Å². The number of amides is 1. The molecule has 8 bridgehead atoms. The molecule has 1 amide bonds. The van der Waals surface area contributed by atoms with E-state index in [4.69, 9.17) is 9.72 Å². The molecule has 0 saturated carbocycles. The largest absolute Gasteiger partial charge is 0.486 e. The van der Waals surface area contributed by atoms with Crippen LogP contribution in [0.25, 0.3) is 11.3 Å². The zero-order chi connectivity index (χ0) is 28.8. The molecular formula is C31H40N8O2. The van der Waals surface area contributed by atoms with Crippen molar-refractivity contribution in [2.45, 2.75) is 26.5 Å². The van der Waals surface area contributed by atoms with Crippen LogP contribution in [0.5, 0.6) is 5.75 Å². The molecule has 41 heavy (non-hydrogen) atoms. The van der Waals surface area contributed by atoms with Crippen molar-refractivity contribution in [1.82, 2.24) is 29.7 Å². The summed E-state index contributed by atoms with van der Waals surface area (Å²) in [5, 5.41) is 3.39. The smallest absolute Gasteiger partial charge is 0.236 e. The van der Waals surface area contributed by atoms with Crippen molar-refractivity contribution in [2.75, 3.05) is 70.1 Å². The predicted octanol–water partition coefficient (Wildman–Crippen LogP) is 3.65. The van der Waals surface area contributed by atoms with E-state index < -0.39 is 0 Å². The van der Waals surface area contributed by atoms with Crippen molar-refractivity contribution in [3.8, 4) is 17.0 Å². The fourth-order valence-electron chi connectivity index (χ4n) is 5.08. The molecule has 10 nitrogen and oxygen atoms in total. The fourth-order valence-corrected chi connectivity index (χ4v) is 5.08. The predicted molar refractivity (Wildman–Crippen MR) is 163 cm³/mol. The molecule has 3 aromatic rings. The van der Waals surface area contributed by atoms with Gasteiger partial charge in [-0.15, -0.1) is 0 Å². The maximum Gasteiger partial charge on any atom is 0.236 e. The first-order chi connectivity index (χ1) is 19.9. The Morgan fingerprint density at radius 2 is 1.68 bits per heavy atom. The van der Waals surface area contributed by atoms with Crippen LogP contribution in [-0.4, -0.2) is 102 Å². The Bertz CT molecular complexity index is 1350. The molecule has 1 unspecified atom stereocenters. The molecule has 5 aliphatic heterocycles. The van der Waals surface area contributed by atoms with E-state index in [-0.39, 0.29) is 12.0 Å². The van der Waals surface area contributed by atoms with Gasteiger partial charge in [0.25, 0.3) is 0 Å². The van der Waals surface area contributed by atoms with Gasteiger partial charge in [0.15, 0.2) is 0 Å². The van der Waals surface area contributed by atoms with Crippen LogP contribution in [0.15, 0.2) is 60.9 Å². The number of nitrogens with zero attached hydrogens (tertiary/aromatic N) is 7. The molecule has 10 heteroatoms. The molecule has 7 heterocycles. The molecule has 0 radical (unpaired) electrons. The highest BCUT2D eigenvalue weighted by molar-refractivity contribution is 5.78. The number of nitrogens with one attached hydrogen (secondary N) is 1. The molecule has 1 N–H and O–H groups in total. The van der Waals surface area contributed by atoms with Gasteiger partial charge >= 0.3 is 0 Å². The highest BCUT2D eigenvalue weighted by atomic mass is 16.5. The second kappa shape index (κ2) is 13.1. The zero-order valence-corrected chi connectivity index (χ0v) is 24.5. The fraction of sp³-hybridized carbons (Fsp3) is 0.419. The summed E-state index contributed by atoms with van der Waals surface area (Å²) in [4.78, 5) is 35.4. The number of ether oxygens (including phenoxy) is 1. The molecule has 0 aliphatic carbocycles. The van der Waals surface area contributed by atoms with Crippen LogP contribution >= 0.6 is 0 Å². The summed E-state index contributed by atoms with van der Waals surface area (Å²) in [6.07, 6.45) is 7.59. The van der Waals surface area contributed by atoms with Crippen molar-refractivity contribution in [3.05, 3.63) is 66.5 Å². The Labute approximate surface area is 242 Å². The van der Waals surface area contributed by atoms with E-state index in [1.165, 1.54) is 0 Å². The number of hydrogen-bond donors (Lipinski definition) is 1. The lowest BCUT2D eigenvalue weighted by atomic mass is 10.1. The molecule has 8 rings (SSSR count). The van der Waals surface area contributed by atoms with Crippen LogP contribution in [0.3, 0.4) is 0 Å². The summed E-state index contributed by atoms with van der Waals surface area (Å²) in [7, 11) is 3.88. The summed E-state index contributed by atoms with van der Waals surface area (Å²) < 4.78 is 6.30. The molecule has 1 aromatic carbocycles. The number of rotatable bonds is 3. The van der Waals surface area contributed by atoms with Crippen molar-refractivity contribution in [3.63, 3.8) is 0 Å². The summed E-state index contributed by atoms with van der Waals surface area (Å²) in [5.41, 5.74) is 3.68. The van der Waals surface area contributed by atoms with E-state index in [1.54, 1.807) is 6.20 Å². The molecule has 5 aliphatic rings. The minimum Gasteiger partial charge on any atom is -0.486 e. The number of anilines is 3. The van der Waals surface area contributed by atoms with Crippen LogP contribution in [0.4, 0.5) is 17.5 Å². The van der Waals surface area contributed by atoms with E-state index in [2.05, 4.69) is 36.1 Å². The maximum atomic E-state index is 13.0. The van der Waals surface area contributed by atoms with Gasteiger partial charge < -0.3 is 19.9 Å². The first kappa shape index (κ1) is 28.5. The molecule has 1 saturated heterocycles. The normalized spacial score (nSPS) is 20.8. The topological polar surface area (TPSA) is 90.0 Å². The molecule has 0 spiro atoms. The van der Waals surface area contributed by atoms with Gasteiger partial charge in [-0.25, -0.2) is 15.0 Å². The monoisotopic (exact) mass is 556 g/mol. The van der Waals surface area contributed by atoms with E-state index >= 15 is 0 Å².